The minimum absolute atomic E-state index is 0.0462. The van der Waals surface area contributed by atoms with E-state index in [1.54, 1.807) is 12.1 Å². The third-order valence-electron chi connectivity index (χ3n) is 3.82. The summed E-state index contributed by atoms with van der Waals surface area (Å²) < 4.78 is 58.0. The Balaban J connectivity index is 2.14. The first-order chi connectivity index (χ1) is 14.0. The molecule has 0 fully saturated rings. The third-order valence-corrected chi connectivity index (χ3v) is 6.88. The molecule has 1 heterocycles. The van der Waals surface area contributed by atoms with Gasteiger partial charge in [0.15, 0.2) is 15.6 Å². The predicted molar refractivity (Wildman–Crippen MR) is 116 cm³/mol. The summed E-state index contributed by atoms with van der Waals surface area (Å²) in [5, 5.41) is 0.417. The van der Waals surface area contributed by atoms with E-state index in [1.165, 1.54) is 30.5 Å². The van der Waals surface area contributed by atoms with Crippen LogP contribution in [0.3, 0.4) is 0 Å². The molecule has 0 unspecified atom stereocenters. The summed E-state index contributed by atoms with van der Waals surface area (Å²) in [6.07, 6.45) is 2.35. The number of rotatable bonds is 6. The Labute approximate surface area is 183 Å². The molecule has 0 aliphatic carbocycles. The van der Waals surface area contributed by atoms with Crippen LogP contribution in [-0.4, -0.2) is 28.1 Å². The number of sulfone groups is 1. The van der Waals surface area contributed by atoms with Crippen molar-refractivity contribution in [3.8, 4) is 11.5 Å². The van der Waals surface area contributed by atoms with Gasteiger partial charge in [0.1, 0.15) is 21.4 Å². The van der Waals surface area contributed by atoms with Gasteiger partial charge in [0.2, 0.25) is 0 Å². The Hall–Kier alpha value is -2.53. The number of halogens is 2. The molecule has 30 heavy (non-hydrogen) atoms. The summed E-state index contributed by atoms with van der Waals surface area (Å²) >= 11 is 12.0. The Kier molecular flexibility index (Phi) is 6.14. The number of anilines is 2. The first-order valence-electron chi connectivity index (χ1n) is 8.18. The number of sulfonamides is 1. The highest BCUT2D eigenvalue weighted by Gasteiger charge is 2.27. The number of nitrogens with two attached hydrogens (primary N) is 1. The quantitative estimate of drug-likeness (QED) is 0.503. The van der Waals surface area contributed by atoms with Crippen LogP contribution in [0, 0.1) is 0 Å². The molecular weight excluding hydrogens is 473 g/mol. The average Bonchev–Trinajstić information content (AvgIpc) is 2.64. The molecule has 0 spiro atoms. The number of ether oxygens (including phenoxy) is 1. The van der Waals surface area contributed by atoms with E-state index >= 15 is 0 Å². The lowest BCUT2D eigenvalue weighted by Crippen LogP contribution is -2.17. The molecule has 8 nitrogen and oxygen atoms in total. The van der Waals surface area contributed by atoms with Crippen molar-refractivity contribution in [3.63, 3.8) is 0 Å². The van der Waals surface area contributed by atoms with E-state index in [1.807, 2.05) is 0 Å². The Morgan fingerprint density at radius 1 is 1.00 bits per heavy atom. The van der Waals surface area contributed by atoms with Gasteiger partial charge in [0.05, 0.1) is 10.7 Å². The van der Waals surface area contributed by atoms with Crippen molar-refractivity contribution < 1.29 is 21.6 Å². The molecule has 0 amide bonds. The van der Waals surface area contributed by atoms with Crippen molar-refractivity contribution in [1.29, 1.82) is 0 Å². The zero-order chi connectivity index (χ0) is 22.1. The number of nitrogens with one attached hydrogen (secondary N) is 1. The first-order valence-corrected chi connectivity index (χ1v) is 12.3. The standard InChI is InChI=1S/C18H15Cl2N3O5S2/c1-29(24,25)15-8-7-14(30(26,27)23-16-4-2-3-9-22-16)17(21)18(15)28-13-6-5-11(19)10-12(13)20/h2-10H,21H2,1H3,(H,22,23). The summed E-state index contributed by atoms with van der Waals surface area (Å²) in [6, 6.07) is 11.1. The predicted octanol–water partition coefficient (Wildman–Crippen LogP) is 3.97. The van der Waals surface area contributed by atoms with E-state index in [9.17, 15) is 16.8 Å². The number of aromatic nitrogens is 1. The molecule has 3 rings (SSSR count). The highest BCUT2D eigenvalue weighted by molar-refractivity contribution is 7.93. The minimum Gasteiger partial charge on any atom is -0.452 e. The molecule has 0 bridgehead atoms. The fourth-order valence-corrected chi connectivity index (χ4v) is 4.86. The number of hydrogen-bond donors (Lipinski definition) is 2. The van der Waals surface area contributed by atoms with Gasteiger partial charge in [-0.2, -0.15) is 0 Å². The van der Waals surface area contributed by atoms with Gasteiger partial charge in [-0.05, 0) is 42.5 Å². The van der Waals surface area contributed by atoms with Crippen molar-refractivity contribution in [2.24, 2.45) is 0 Å². The number of nitrogen functional groups attached to an aromatic ring is 1. The zero-order valence-corrected chi connectivity index (χ0v) is 18.5. The molecular formula is C18H15Cl2N3O5S2. The highest BCUT2D eigenvalue weighted by atomic mass is 35.5. The molecule has 158 valence electrons. The van der Waals surface area contributed by atoms with E-state index in [0.29, 0.717) is 5.02 Å². The molecule has 1 aromatic heterocycles. The molecule has 3 N–H and O–H groups in total. The van der Waals surface area contributed by atoms with Crippen LogP contribution < -0.4 is 15.2 Å². The van der Waals surface area contributed by atoms with Gasteiger partial charge in [0, 0.05) is 17.5 Å². The summed E-state index contributed by atoms with van der Waals surface area (Å²) in [4.78, 5) is 3.21. The second kappa shape index (κ2) is 8.31. The monoisotopic (exact) mass is 487 g/mol. The number of nitrogens with zero attached hydrogens (tertiary/aromatic N) is 1. The van der Waals surface area contributed by atoms with Gasteiger partial charge in [-0.15, -0.1) is 0 Å². The van der Waals surface area contributed by atoms with Crippen molar-refractivity contribution in [1.82, 2.24) is 4.98 Å². The fraction of sp³-hybridized carbons (Fsp3) is 0.0556. The molecule has 3 aromatic rings. The second-order valence-electron chi connectivity index (χ2n) is 6.07. The van der Waals surface area contributed by atoms with Crippen LogP contribution in [0.1, 0.15) is 0 Å². The maximum atomic E-state index is 12.8. The Bertz CT molecular complexity index is 1320. The lowest BCUT2D eigenvalue weighted by Gasteiger charge is -2.17. The largest absolute Gasteiger partial charge is 0.452 e. The second-order valence-corrected chi connectivity index (χ2v) is 10.6. The lowest BCUT2D eigenvalue weighted by molar-refractivity contribution is 0.469. The number of pyridine rings is 1. The van der Waals surface area contributed by atoms with Crippen LogP contribution in [-0.2, 0) is 19.9 Å². The van der Waals surface area contributed by atoms with Gasteiger partial charge in [-0.25, -0.2) is 21.8 Å². The molecule has 0 atom stereocenters. The summed E-state index contributed by atoms with van der Waals surface area (Å²) in [5.74, 6) is -0.261. The van der Waals surface area contributed by atoms with Gasteiger partial charge in [0.25, 0.3) is 10.0 Å². The molecule has 12 heteroatoms. The number of benzene rings is 2. The molecule has 0 saturated heterocycles. The third kappa shape index (κ3) is 4.78. The van der Waals surface area contributed by atoms with Gasteiger partial charge >= 0.3 is 0 Å². The van der Waals surface area contributed by atoms with Crippen molar-refractivity contribution in [3.05, 3.63) is 64.8 Å². The Morgan fingerprint density at radius 2 is 1.70 bits per heavy atom. The van der Waals surface area contributed by atoms with Crippen LogP contribution in [0.15, 0.2) is 64.5 Å². The molecule has 0 radical (unpaired) electrons. The van der Waals surface area contributed by atoms with E-state index in [0.717, 1.165) is 18.4 Å². The molecule has 2 aromatic carbocycles. The highest BCUT2D eigenvalue weighted by Crippen LogP contribution is 2.41. The minimum atomic E-state index is -4.20. The van der Waals surface area contributed by atoms with Crippen LogP contribution >= 0.6 is 23.2 Å². The lowest BCUT2D eigenvalue weighted by atomic mass is 10.3. The van der Waals surface area contributed by atoms with Crippen molar-refractivity contribution in [2.75, 3.05) is 16.7 Å². The van der Waals surface area contributed by atoms with E-state index in [4.69, 9.17) is 33.7 Å². The zero-order valence-electron chi connectivity index (χ0n) is 15.3. The summed E-state index contributed by atoms with van der Waals surface area (Å²) in [6.45, 7) is 0. The first kappa shape index (κ1) is 22.2. The summed E-state index contributed by atoms with van der Waals surface area (Å²) in [5.41, 5.74) is 5.64. The van der Waals surface area contributed by atoms with Gasteiger partial charge < -0.3 is 10.5 Å². The molecule has 0 aliphatic heterocycles. The maximum Gasteiger partial charge on any atom is 0.265 e. The van der Waals surface area contributed by atoms with Crippen LogP contribution in [0.25, 0.3) is 0 Å². The number of hydrogen-bond acceptors (Lipinski definition) is 7. The van der Waals surface area contributed by atoms with Gasteiger partial charge in [-0.3, -0.25) is 4.72 Å². The normalized spacial score (nSPS) is 11.8. The topological polar surface area (TPSA) is 128 Å². The van der Waals surface area contributed by atoms with Crippen LogP contribution in [0.5, 0.6) is 11.5 Å². The van der Waals surface area contributed by atoms with E-state index < -0.39 is 25.5 Å². The molecule has 0 aliphatic rings. The Morgan fingerprint density at radius 3 is 2.30 bits per heavy atom. The maximum absolute atomic E-state index is 12.8. The van der Waals surface area contributed by atoms with Crippen LogP contribution in [0.2, 0.25) is 10.0 Å². The fourth-order valence-electron chi connectivity index (χ4n) is 2.48. The average molecular weight is 488 g/mol. The van der Waals surface area contributed by atoms with E-state index in [2.05, 4.69) is 9.71 Å². The van der Waals surface area contributed by atoms with Crippen LogP contribution in [0.4, 0.5) is 11.5 Å². The SMILES string of the molecule is CS(=O)(=O)c1ccc(S(=O)(=O)Nc2ccccn2)c(N)c1Oc1ccc(Cl)cc1Cl. The smallest absolute Gasteiger partial charge is 0.265 e. The van der Waals surface area contributed by atoms with Crippen molar-refractivity contribution in [2.45, 2.75) is 9.79 Å². The summed E-state index contributed by atoms with van der Waals surface area (Å²) in [7, 11) is -8.02. The van der Waals surface area contributed by atoms with E-state index in [-0.39, 0.29) is 32.1 Å². The van der Waals surface area contributed by atoms with Crippen molar-refractivity contribution >= 4 is 54.6 Å². The van der Waals surface area contributed by atoms with Gasteiger partial charge in [-0.1, -0.05) is 29.3 Å². The molecule has 0 saturated carbocycles.